The summed E-state index contributed by atoms with van der Waals surface area (Å²) in [4.78, 5) is 12.1. The lowest BCUT2D eigenvalue weighted by Crippen LogP contribution is -2.16. The van der Waals surface area contributed by atoms with Crippen LogP contribution in [-0.4, -0.2) is 17.6 Å². The third-order valence-electron chi connectivity index (χ3n) is 3.28. The zero-order chi connectivity index (χ0) is 15.9. The Balaban J connectivity index is 2.01. The zero-order valence-electron chi connectivity index (χ0n) is 12.9. The molecular weight excluding hydrogens is 278 g/mol. The van der Waals surface area contributed by atoms with Gasteiger partial charge in [-0.2, -0.15) is 0 Å². The van der Waals surface area contributed by atoms with Gasteiger partial charge in [0.15, 0.2) is 0 Å². The molecule has 0 saturated heterocycles. The first-order valence-corrected chi connectivity index (χ1v) is 7.38. The van der Waals surface area contributed by atoms with Crippen molar-refractivity contribution in [1.82, 2.24) is 0 Å². The lowest BCUT2D eigenvalue weighted by Gasteiger charge is -2.13. The van der Waals surface area contributed by atoms with Gasteiger partial charge in [0.2, 0.25) is 5.91 Å². The lowest BCUT2D eigenvalue weighted by molar-refractivity contribution is -0.115. The smallest absolute Gasteiger partial charge is 0.228 e. The molecule has 4 nitrogen and oxygen atoms in total. The van der Waals surface area contributed by atoms with Crippen LogP contribution < -0.4 is 10.1 Å². The van der Waals surface area contributed by atoms with Crippen molar-refractivity contribution in [3.63, 3.8) is 0 Å². The second-order valence-corrected chi connectivity index (χ2v) is 5.07. The summed E-state index contributed by atoms with van der Waals surface area (Å²) >= 11 is 0. The van der Waals surface area contributed by atoms with Gasteiger partial charge in [-0.15, -0.1) is 0 Å². The minimum atomic E-state index is -0.623. The predicted octanol–water partition coefficient (Wildman–Crippen LogP) is 3.32. The molecule has 2 aromatic rings. The molecule has 0 aliphatic rings. The SMILES string of the molecule is CCOc1ccc(CC(=O)Nc2ccccc2C(C)O)cc1. The molecule has 2 aromatic carbocycles. The minimum absolute atomic E-state index is 0.114. The summed E-state index contributed by atoms with van der Waals surface area (Å²) < 4.78 is 5.38. The van der Waals surface area contributed by atoms with Crippen molar-refractivity contribution in [3.05, 3.63) is 59.7 Å². The number of carbonyl (C=O) groups excluding carboxylic acids is 1. The number of rotatable bonds is 6. The van der Waals surface area contributed by atoms with Gasteiger partial charge < -0.3 is 15.2 Å². The summed E-state index contributed by atoms with van der Waals surface area (Å²) in [5.74, 6) is 0.684. The Labute approximate surface area is 130 Å². The fourth-order valence-corrected chi connectivity index (χ4v) is 2.23. The van der Waals surface area contributed by atoms with Crippen LogP contribution in [0.1, 0.15) is 31.1 Å². The van der Waals surface area contributed by atoms with Crippen LogP contribution in [0, 0.1) is 0 Å². The van der Waals surface area contributed by atoms with E-state index in [1.165, 1.54) is 0 Å². The summed E-state index contributed by atoms with van der Waals surface area (Å²) in [5.41, 5.74) is 2.27. The van der Waals surface area contributed by atoms with E-state index in [1.54, 1.807) is 19.1 Å². The Kier molecular flexibility index (Phi) is 5.55. The number of nitrogens with one attached hydrogen (secondary N) is 1. The number of carbonyl (C=O) groups is 1. The topological polar surface area (TPSA) is 58.6 Å². The van der Waals surface area contributed by atoms with Crippen molar-refractivity contribution in [2.45, 2.75) is 26.4 Å². The average molecular weight is 299 g/mol. The first kappa shape index (κ1) is 16.0. The second-order valence-electron chi connectivity index (χ2n) is 5.07. The van der Waals surface area contributed by atoms with Crippen LogP contribution in [0.2, 0.25) is 0 Å². The fraction of sp³-hybridized carbons (Fsp3) is 0.278. The maximum absolute atomic E-state index is 12.1. The molecule has 2 N–H and O–H groups in total. The predicted molar refractivity (Wildman–Crippen MR) is 87.0 cm³/mol. The van der Waals surface area contributed by atoms with E-state index >= 15 is 0 Å². The van der Waals surface area contributed by atoms with Crippen LogP contribution >= 0.6 is 0 Å². The van der Waals surface area contributed by atoms with Gasteiger partial charge in [-0.05, 0) is 37.6 Å². The van der Waals surface area contributed by atoms with E-state index in [9.17, 15) is 9.90 Å². The fourth-order valence-electron chi connectivity index (χ4n) is 2.23. The number of hydrogen-bond acceptors (Lipinski definition) is 3. The Morgan fingerprint density at radius 1 is 1.18 bits per heavy atom. The molecule has 0 heterocycles. The van der Waals surface area contributed by atoms with Crippen molar-refractivity contribution in [2.24, 2.45) is 0 Å². The number of aliphatic hydroxyl groups excluding tert-OH is 1. The molecule has 0 aliphatic heterocycles. The molecule has 0 spiro atoms. The van der Waals surface area contributed by atoms with Crippen LogP contribution in [-0.2, 0) is 11.2 Å². The standard InChI is InChI=1S/C18H21NO3/c1-3-22-15-10-8-14(9-11-15)12-18(21)19-17-7-5-4-6-16(17)13(2)20/h4-11,13,20H,3,12H2,1-2H3,(H,19,21). The summed E-state index contributed by atoms with van der Waals surface area (Å²) in [5, 5.41) is 12.6. The second kappa shape index (κ2) is 7.61. The quantitative estimate of drug-likeness (QED) is 0.860. The van der Waals surface area contributed by atoms with Gasteiger partial charge in [0, 0.05) is 11.3 Å². The van der Waals surface area contributed by atoms with E-state index < -0.39 is 6.10 Å². The van der Waals surface area contributed by atoms with Gasteiger partial charge in [-0.1, -0.05) is 30.3 Å². The van der Waals surface area contributed by atoms with E-state index in [2.05, 4.69) is 5.32 Å². The number of amides is 1. The highest BCUT2D eigenvalue weighted by Gasteiger charge is 2.10. The number of aliphatic hydroxyl groups is 1. The van der Waals surface area contributed by atoms with Crippen LogP contribution in [0.3, 0.4) is 0 Å². The zero-order valence-corrected chi connectivity index (χ0v) is 12.9. The van der Waals surface area contributed by atoms with Crippen LogP contribution in [0.25, 0.3) is 0 Å². The van der Waals surface area contributed by atoms with Crippen molar-refractivity contribution < 1.29 is 14.6 Å². The maximum atomic E-state index is 12.1. The molecule has 0 fully saturated rings. The van der Waals surface area contributed by atoms with E-state index in [0.29, 0.717) is 17.9 Å². The van der Waals surface area contributed by atoms with Gasteiger partial charge >= 0.3 is 0 Å². The summed E-state index contributed by atoms with van der Waals surface area (Å²) in [6.45, 7) is 4.23. The van der Waals surface area contributed by atoms with Crippen LogP contribution in [0.5, 0.6) is 5.75 Å². The molecule has 4 heteroatoms. The number of ether oxygens (including phenoxy) is 1. The summed E-state index contributed by atoms with van der Waals surface area (Å²) in [7, 11) is 0. The van der Waals surface area contributed by atoms with Crippen LogP contribution in [0.4, 0.5) is 5.69 Å². The van der Waals surface area contributed by atoms with Gasteiger partial charge in [0.25, 0.3) is 0 Å². The number of para-hydroxylation sites is 1. The summed E-state index contributed by atoms with van der Waals surface area (Å²) in [6, 6.07) is 14.7. The number of hydrogen-bond donors (Lipinski definition) is 2. The third-order valence-corrected chi connectivity index (χ3v) is 3.28. The molecule has 0 aromatic heterocycles. The third kappa shape index (κ3) is 4.33. The molecule has 0 bridgehead atoms. The first-order valence-electron chi connectivity index (χ1n) is 7.38. The number of anilines is 1. The maximum Gasteiger partial charge on any atom is 0.228 e. The van der Waals surface area contributed by atoms with Gasteiger partial charge in [-0.25, -0.2) is 0 Å². The highest BCUT2D eigenvalue weighted by molar-refractivity contribution is 5.93. The van der Waals surface area contributed by atoms with Crippen molar-refractivity contribution in [2.75, 3.05) is 11.9 Å². The molecular formula is C18H21NO3. The lowest BCUT2D eigenvalue weighted by atomic mass is 10.1. The van der Waals surface area contributed by atoms with Gasteiger partial charge in [-0.3, -0.25) is 4.79 Å². The Morgan fingerprint density at radius 3 is 2.50 bits per heavy atom. The van der Waals surface area contributed by atoms with E-state index in [-0.39, 0.29) is 12.3 Å². The molecule has 0 saturated carbocycles. The van der Waals surface area contributed by atoms with E-state index in [0.717, 1.165) is 11.3 Å². The highest BCUT2D eigenvalue weighted by atomic mass is 16.5. The Morgan fingerprint density at radius 2 is 1.86 bits per heavy atom. The molecule has 22 heavy (non-hydrogen) atoms. The first-order chi connectivity index (χ1) is 10.6. The molecule has 0 radical (unpaired) electrons. The highest BCUT2D eigenvalue weighted by Crippen LogP contribution is 2.22. The minimum Gasteiger partial charge on any atom is -0.494 e. The molecule has 116 valence electrons. The van der Waals surface area contributed by atoms with Crippen LogP contribution in [0.15, 0.2) is 48.5 Å². The Hall–Kier alpha value is -2.33. The van der Waals surface area contributed by atoms with Crippen molar-refractivity contribution in [3.8, 4) is 5.75 Å². The monoisotopic (exact) mass is 299 g/mol. The van der Waals surface area contributed by atoms with Crippen molar-refractivity contribution >= 4 is 11.6 Å². The molecule has 1 amide bonds. The van der Waals surface area contributed by atoms with E-state index in [4.69, 9.17) is 4.74 Å². The number of benzene rings is 2. The normalized spacial score (nSPS) is 11.8. The van der Waals surface area contributed by atoms with Crippen molar-refractivity contribution in [1.29, 1.82) is 0 Å². The average Bonchev–Trinajstić information content (AvgIpc) is 2.50. The molecule has 1 atom stereocenters. The van der Waals surface area contributed by atoms with E-state index in [1.807, 2.05) is 43.3 Å². The Bertz CT molecular complexity index is 620. The van der Waals surface area contributed by atoms with Gasteiger partial charge in [0.1, 0.15) is 5.75 Å². The summed E-state index contributed by atoms with van der Waals surface area (Å²) in [6.07, 6.45) is -0.345. The van der Waals surface area contributed by atoms with Gasteiger partial charge in [0.05, 0.1) is 19.1 Å². The molecule has 1 unspecified atom stereocenters. The molecule has 0 aliphatic carbocycles. The molecule has 2 rings (SSSR count). The largest absolute Gasteiger partial charge is 0.494 e.